The zero-order valence-electron chi connectivity index (χ0n) is 13.4. The monoisotopic (exact) mass is 335 g/mol. The maximum atomic E-state index is 13.5. The van der Waals surface area contributed by atoms with Crippen molar-refractivity contribution in [1.82, 2.24) is 21.1 Å². The average molecular weight is 336 g/mol. The molecule has 0 aromatic carbocycles. The van der Waals surface area contributed by atoms with Crippen molar-refractivity contribution in [2.24, 2.45) is 17.6 Å². The van der Waals surface area contributed by atoms with Crippen LogP contribution in [0.1, 0.15) is 20.3 Å². The van der Waals surface area contributed by atoms with Gasteiger partial charge in [0, 0.05) is 44.1 Å². The van der Waals surface area contributed by atoms with Gasteiger partial charge in [-0.25, -0.2) is 9.82 Å². The van der Waals surface area contributed by atoms with Crippen LogP contribution in [0.15, 0.2) is 0 Å². The molecule has 1 amide bonds. The van der Waals surface area contributed by atoms with Crippen molar-refractivity contribution in [3.05, 3.63) is 0 Å². The lowest BCUT2D eigenvalue weighted by atomic mass is 9.88. The van der Waals surface area contributed by atoms with Crippen LogP contribution in [0.4, 0.5) is 4.39 Å². The van der Waals surface area contributed by atoms with E-state index in [-0.39, 0.29) is 47.9 Å². The molecule has 2 rings (SSSR count). The second kappa shape index (κ2) is 7.40. The zero-order chi connectivity index (χ0) is 16.4. The molecule has 2 saturated heterocycles. The highest BCUT2D eigenvalue weighted by Gasteiger charge is 2.41. The van der Waals surface area contributed by atoms with Crippen LogP contribution in [0.25, 0.3) is 0 Å². The average Bonchev–Trinajstić information content (AvgIpc) is 2.83. The maximum Gasteiger partial charge on any atom is 0.241 e. The summed E-state index contributed by atoms with van der Waals surface area (Å²) in [6.45, 7) is 4.62. The SMILES string of the molecule is CC(N)C1C(C)NNC1C(=O)N(C)CC1CC(F)CNC1Cl. The van der Waals surface area contributed by atoms with Crippen LogP contribution >= 0.6 is 11.6 Å². The third kappa shape index (κ3) is 3.89. The van der Waals surface area contributed by atoms with Crippen LogP contribution in [0.3, 0.4) is 0 Å². The molecule has 0 bridgehead atoms. The highest BCUT2D eigenvalue weighted by Crippen LogP contribution is 2.24. The van der Waals surface area contributed by atoms with Gasteiger partial charge in [-0.2, -0.15) is 0 Å². The predicted octanol–water partition coefficient (Wildman–Crippen LogP) is -0.214. The molecule has 0 saturated carbocycles. The molecule has 128 valence electrons. The van der Waals surface area contributed by atoms with Gasteiger partial charge in [-0.15, -0.1) is 11.6 Å². The summed E-state index contributed by atoms with van der Waals surface area (Å²) in [6, 6.07) is -0.353. The Bertz CT molecular complexity index is 399. The maximum absolute atomic E-state index is 13.5. The molecule has 0 aliphatic carbocycles. The van der Waals surface area contributed by atoms with E-state index in [2.05, 4.69) is 16.2 Å². The van der Waals surface area contributed by atoms with Gasteiger partial charge >= 0.3 is 0 Å². The van der Waals surface area contributed by atoms with Gasteiger partial charge in [0.25, 0.3) is 0 Å². The zero-order valence-corrected chi connectivity index (χ0v) is 14.1. The van der Waals surface area contributed by atoms with Crippen LogP contribution in [0.2, 0.25) is 0 Å². The van der Waals surface area contributed by atoms with Crippen molar-refractivity contribution in [3.63, 3.8) is 0 Å². The van der Waals surface area contributed by atoms with Crippen LogP contribution in [0.5, 0.6) is 0 Å². The minimum Gasteiger partial charge on any atom is -0.344 e. The molecule has 0 aromatic rings. The summed E-state index contributed by atoms with van der Waals surface area (Å²) >= 11 is 6.19. The molecular formula is C14H27ClFN5O. The number of halogens is 2. The van der Waals surface area contributed by atoms with Gasteiger partial charge in [0.15, 0.2) is 0 Å². The Kier molecular flexibility index (Phi) is 6.01. The minimum atomic E-state index is -0.911. The molecule has 2 fully saturated rings. The molecule has 0 spiro atoms. The summed E-state index contributed by atoms with van der Waals surface area (Å²) in [7, 11) is 1.73. The molecule has 22 heavy (non-hydrogen) atoms. The van der Waals surface area contributed by atoms with Crippen molar-refractivity contribution in [2.45, 2.75) is 50.1 Å². The smallest absolute Gasteiger partial charge is 0.241 e. The van der Waals surface area contributed by atoms with E-state index in [1.54, 1.807) is 11.9 Å². The number of hydrogen-bond donors (Lipinski definition) is 4. The van der Waals surface area contributed by atoms with Crippen LogP contribution < -0.4 is 21.9 Å². The molecular weight excluding hydrogens is 309 g/mol. The standard InChI is InChI=1S/C14H27ClFN5O/c1-7(17)11-8(2)19-20-12(11)14(22)21(3)6-9-4-10(16)5-18-13(9)15/h7-13,18-20H,4-6,17H2,1-3H3. The second-order valence-corrected chi connectivity index (χ2v) is 7.08. The second-order valence-electron chi connectivity index (χ2n) is 6.61. The Morgan fingerprint density at radius 3 is 2.82 bits per heavy atom. The lowest BCUT2D eigenvalue weighted by Gasteiger charge is -2.34. The van der Waals surface area contributed by atoms with E-state index < -0.39 is 6.17 Å². The molecule has 2 aliphatic heterocycles. The molecule has 2 heterocycles. The molecule has 6 nitrogen and oxygen atoms in total. The first-order valence-electron chi connectivity index (χ1n) is 7.84. The molecule has 8 heteroatoms. The number of carbonyl (C=O) groups excluding carboxylic acids is 1. The summed E-state index contributed by atoms with van der Waals surface area (Å²) < 4.78 is 13.5. The molecule has 0 radical (unpaired) electrons. The van der Waals surface area contributed by atoms with Crippen LogP contribution in [0, 0.1) is 11.8 Å². The number of piperidine rings is 1. The quantitative estimate of drug-likeness (QED) is 0.422. The third-order valence-corrected chi connectivity index (χ3v) is 5.20. The van der Waals surface area contributed by atoms with Crippen molar-refractivity contribution in [2.75, 3.05) is 20.1 Å². The van der Waals surface area contributed by atoms with Gasteiger partial charge in [0.2, 0.25) is 5.91 Å². The number of hydrogen-bond acceptors (Lipinski definition) is 5. The van der Waals surface area contributed by atoms with Gasteiger partial charge in [-0.05, 0) is 20.3 Å². The van der Waals surface area contributed by atoms with Crippen molar-refractivity contribution in [1.29, 1.82) is 0 Å². The Hall–Kier alpha value is -0.470. The number of amides is 1. The van der Waals surface area contributed by atoms with Crippen molar-refractivity contribution < 1.29 is 9.18 Å². The van der Waals surface area contributed by atoms with E-state index in [9.17, 15) is 9.18 Å². The minimum absolute atomic E-state index is 0.0140. The Labute approximate surface area is 136 Å². The predicted molar refractivity (Wildman–Crippen MR) is 84.9 cm³/mol. The van der Waals surface area contributed by atoms with Crippen LogP contribution in [-0.2, 0) is 4.79 Å². The fourth-order valence-corrected chi connectivity index (χ4v) is 3.74. The van der Waals surface area contributed by atoms with Gasteiger partial charge in [0.05, 0.1) is 5.50 Å². The molecule has 5 N–H and O–H groups in total. The Morgan fingerprint density at radius 1 is 1.50 bits per heavy atom. The van der Waals surface area contributed by atoms with E-state index in [0.29, 0.717) is 13.0 Å². The molecule has 7 unspecified atom stereocenters. The number of nitrogens with one attached hydrogen (secondary N) is 3. The van der Waals surface area contributed by atoms with Gasteiger partial charge in [-0.3, -0.25) is 15.5 Å². The molecule has 7 atom stereocenters. The topological polar surface area (TPSA) is 82.4 Å². The van der Waals surface area contributed by atoms with Gasteiger partial charge < -0.3 is 10.6 Å². The molecule has 0 aromatic heterocycles. The Balaban J connectivity index is 1.96. The van der Waals surface area contributed by atoms with E-state index in [0.717, 1.165) is 0 Å². The summed E-state index contributed by atoms with van der Waals surface area (Å²) in [4.78, 5) is 14.3. The van der Waals surface area contributed by atoms with Crippen molar-refractivity contribution in [3.8, 4) is 0 Å². The number of nitrogens with zero attached hydrogens (tertiary/aromatic N) is 1. The highest BCUT2D eigenvalue weighted by atomic mass is 35.5. The normalized spacial score (nSPS) is 40.5. The number of rotatable bonds is 4. The first-order chi connectivity index (χ1) is 10.3. The van der Waals surface area contributed by atoms with E-state index in [1.807, 2.05) is 13.8 Å². The van der Waals surface area contributed by atoms with E-state index >= 15 is 0 Å². The first-order valence-corrected chi connectivity index (χ1v) is 8.28. The highest BCUT2D eigenvalue weighted by molar-refractivity contribution is 6.20. The van der Waals surface area contributed by atoms with Gasteiger partial charge in [0.1, 0.15) is 12.2 Å². The van der Waals surface area contributed by atoms with E-state index in [1.165, 1.54) is 0 Å². The Morgan fingerprint density at radius 2 is 2.18 bits per heavy atom. The molecule has 2 aliphatic rings. The third-order valence-electron chi connectivity index (χ3n) is 4.69. The number of likely N-dealkylation sites (N-methyl/N-ethyl adjacent to an activating group) is 1. The lowest BCUT2D eigenvalue weighted by Crippen LogP contribution is -2.53. The van der Waals surface area contributed by atoms with Crippen LogP contribution in [-0.4, -0.2) is 60.7 Å². The number of nitrogens with two attached hydrogens (primary N) is 1. The van der Waals surface area contributed by atoms with Crippen molar-refractivity contribution >= 4 is 17.5 Å². The fourth-order valence-electron chi connectivity index (χ4n) is 3.47. The fraction of sp³-hybridized carbons (Fsp3) is 0.929. The van der Waals surface area contributed by atoms with E-state index in [4.69, 9.17) is 17.3 Å². The summed E-state index contributed by atoms with van der Waals surface area (Å²) in [6.07, 6.45) is -0.533. The lowest BCUT2D eigenvalue weighted by molar-refractivity contribution is -0.133. The first kappa shape index (κ1) is 17.9. The number of carbonyl (C=O) groups is 1. The summed E-state index contributed by atoms with van der Waals surface area (Å²) in [5.74, 6) is -0.121. The summed E-state index contributed by atoms with van der Waals surface area (Å²) in [5.41, 5.74) is 11.8. The number of alkyl halides is 2. The summed E-state index contributed by atoms with van der Waals surface area (Å²) in [5, 5.41) is 2.93. The van der Waals surface area contributed by atoms with Gasteiger partial charge in [-0.1, -0.05) is 0 Å². The number of hydrazine groups is 1. The largest absolute Gasteiger partial charge is 0.344 e.